The van der Waals surface area contributed by atoms with Gasteiger partial charge in [-0.2, -0.15) is 0 Å². The van der Waals surface area contributed by atoms with Gasteiger partial charge >= 0.3 is 0 Å². The highest BCUT2D eigenvalue weighted by molar-refractivity contribution is 9.10. The molecule has 3 nitrogen and oxygen atoms in total. The van der Waals surface area contributed by atoms with Crippen molar-refractivity contribution in [3.63, 3.8) is 0 Å². The molecule has 20 heavy (non-hydrogen) atoms. The fourth-order valence-electron chi connectivity index (χ4n) is 2.63. The Balaban J connectivity index is 1.71. The van der Waals surface area contributed by atoms with Crippen LogP contribution in [-0.2, 0) is 4.74 Å². The standard InChI is InChI=1S/C16H25BrN2O/c1-19(12-15-4-2-3-11-20-15)10-9-16(18)13-5-7-14(17)8-6-13/h5-8,15-16H,2-4,9-12,18H2,1H3. The second kappa shape index (κ2) is 8.13. The molecule has 0 amide bonds. The van der Waals surface area contributed by atoms with Crippen LogP contribution in [0.3, 0.4) is 0 Å². The number of hydrogen-bond donors (Lipinski definition) is 1. The van der Waals surface area contributed by atoms with Crippen molar-refractivity contribution in [2.75, 3.05) is 26.7 Å². The summed E-state index contributed by atoms with van der Waals surface area (Å²) in [7, 11) is 2.16. The van der Waals surface area contributed by atoms with Gasteiger partial charge in [-0.3, -0.25) is 0 Å². The third-order valence-corrected chi connectivity index (χ3v) is 4.44. The number of hydrogen-bond acceptors (Lipinski definition) is 3. The highest BCUT2D eigenvalue weighted by Crippen LogP contribution is 2.18. The zero-order valence-electron chi connectivity index (χ0n) is 12.2. The molecule has 0 radical (unpaired) electrons. The summed E-state index contributed by atoms with van der Waals surface area (Å²) in [5.74, 6) is 0. The zero-order chi connectivity index (χ0) is 14.4. The van der Waals surface area contributed by atoms with Gasteiger partial charge in [-0.05, 0) is 57.0 Å². The lowest BCUT2D eigenvalue weighted by molar-refractivity contribution is -0.00175. The van der Waals surface area contributed by atoms with E-state index in [-0.39, 0.29) is 6.04 Å². The molecule has 0 aliphatic carbocycles. The van der Waals surface area contributed by atoms with Crippen LogP contribution in [0, 0.1) is 0 Å². The van der Waals surface area contributed by atoms with Gasteiger partial charge in [0.15, 0.2) is 0 Å². The minimum absolute atomic E-state index is 0.109. The van der Waals surface area contributed by atoms with Gasteiger partial charge in [-0.15, -0.1) is 0 Å². The Labute approximate surface area is 130 Å². The predicted octanol–water partition coefficient (Wildman–Crippen LogP) is 3.34. The first kappa shape index (κ1) is 16.0. The molecule has 1 aliphatic rings. The van der Waals surface area contributed by atoms with E-state index >= 15 is 0 Å². The first-order valence-corrected chi connectivity index (χ1v) is 8.25. The lowest BCUT2D eigenvalue weighted by Gasteiger charge is -2.28. The number of ether oxygens (including phenoxy) is 1. The molecule has 2 rings (SSSR count). The van der Waals surface area contributed by atoms with E-state index in [2.05, 4.69) is 52.1 Å². The molecule has 112 valence electrons. The van der Waals surface area contributed by atoms with Crippen molar-refractivity contribution in [1.29, 1.82) is 0 Å². The minimum Gasteiger partial charge on any atom is -0.377 e. The second-order valence-corrected chi connectivity index (χ2v) is 6.61. The molecule has 0 spiro atoms. The number of nitrogens with two attached hydrogens (primary N) is 1. The maximum atomic E-state index is 6.25. The smallest absolute Gasteiger partial charge is 0.0701 e. The normalized spacial score (nSPS) is 21.1. The maximum Gasteiger partial charge on any atom is 0.0701 e. The molecule has 0 bridgehead atoms. The SMILES string of the molecule is CN(CCC(N)c1ccc(Br)cc1)CC1CCCCO1. The van der Waals surface area contributed by atoms with E-state index in [1.807, 2.05) is 0 Å². The van der Waals surface area contributed by atoms with Gasteiger partial charge in [0.2, 0.25) is 0 Å². The van der Waals surface area contributed by atoms with Crippen LogP contribution in [0.2, 0.25) is 0 Å². The van der Waals surface area contributed by atoms with Crippen molar-refractivity contribution in [2.24, 2.45) is 5.73 Å². The molecule has 1 aliphatic heterocycles. The van der Waals surface area contributed by atoms with Gasteiger partial charge in [-0.25, -0.2) is 0 Å². The van der Waals surface area contributed by atoms with Crippen molar-refractivity contribution in [1.82, 2.24) is 4.90 Å². The van der Waals surface area contributed by atoms with Gasteiger partial charge in [0.05, 0.1) is 6.10 Å². The molecule has 1 fully saturated rings. The molecule has 0 saturated carbocycles. The van der Waals surface area contributed by atoms with Crippen LogP contribution in [-0.4, -0.2) is 37.7 Å². The Bertz CT molecular complexity index is 390. The second-order valence-electron chi connectivity index (χ2n) is 5.70. The average Bonchev–Trinajstić information content (AvgIpc) is 2.46. The van der Waals surface area contributed by atoms with Crippen molar-refractivity contribution in [3.8, 4) is 0 Å². The number of likely N-dealkylation sites (N-methyl/N-ethyl adjacent to an activating group) is 1. The Morgan fingerprint density at radius 3 is 2.75 bits per heavy atom. The molecular weight excluding hydrogens is 316 g/mol. The van der Waals surface area contributed by atoms with Crippen LogP contribution in [0.4, 0.5) is 0 Å². The fraction of sp³-hybridized carbons (Fsp3) is 0.625. The lowest BCUT2D eigenvalue weighted by atomic mass is 10.0. The van der Waals surface area contributed by atoms with Gasteiger partial charge in [0.1, 0.15) is 0 Å². The van der Waals surface area contributed by atoms with E-state index < -0.39 is 0 Å². The third-order valence-electron chi connectivity index (χ3n) is 3.91. The molecule has 4 heteroatoms. The summed E-state index contributed by atoms with van der Waals surface area (Å²) in [5, 5.41) is 0. The molecule has 1 heterocycles. The molecule has 1 aromatic carbocycles. The Hall–Kier alpha value is -0.420. The van der Waals surface area contributed by atoms with Crippen LogP contribution >= 0.6 is 15.9 Å². The first-order valence-electron chi connectivity index (χ1n) is 7.46. The average molecular weight is 341 g/mol. The highest BCUT2D eigenvalue weighted by Gasteiger charge is 2.16. The van der Waals surface area contributed by atoms with E-state index in [1.165, 1.54) is 24.8 Å². The zero-order valence-corrected chi connectivity index (χ0v) is 13.8. The van der Waals surface area contributed by atoms with Gasteiger partial charge in [0, 0.05) is 23.7 Å². The molecule has 1 saturated heterocycles. The van der Waals surface area contributed by atoms with Crippen molar-refractivity contribution in [2.45, 2.75) is 37.8 Å². The van der Waals surface area contributed by atoms with Crippen LogP contribution in [0.15, 0.2) is 28.7 Å². The van der Waals surface area contributed by atoms with E-state index in [9.17, 15) is 0 Å². The summed E-state index contributed by atoms with van der Waals surface area (Å²) in [5.41, 5.74) is 7.46. The summed E-state index contributed by atoms with van der Waals surface area (Å²) >= 11 is 3.45. The van der Waals surface area contributed by atoms with Gasteiger partial charge < -0.3 is 15.4 Å². The highest BCUT2D eigenvalue weighted by atomic mass is 79.9. The van der Waals surface area contributed by atoms with E-state index in [1.54, 1.807) is 0 Å². The molecule has 1 aromatic rings. The number of benzene rings is 1. The number of nitrogens with zero attached hydrogens (tertiary/aromatic N) is 1. The van der Waals surface area contributed by atoms with E-state index in [0.29, 0.717) is 6.10 Å². The third kappa shape index (κ3) is 5.17. The summed E-state index contributed by atoms with van der Waals surface area (Å²) in [4.78, 5) is 2.34. The summed E-state index contributed by atoms with van der Waals surface area (Å²) in [6.07, 6.45) is 5.11. The molecule has 0 aromatic heterocycles. The molecule has 2 unspecified atom stereocenters. The van der Waals surface area contributed by atoms with E-state index in [0.717, 1.165) is 30.6 Å². The quantitative estimate of drug-likeness (QED) is 0.862. The van der Waals surface area contributed by atoms with Gasteiger partial charge in [-0.1, -0.05) is 28.1 Å². The van der Waals surface area contributed by atoms with Crippen molar-refractivity contribution < 1.29 is 4.74 Å². The lowest BCUT2D eigenvalue weighted by Crippen LogP contribution is -2.34. The summed E-state index contributed by atoms with van der Waals surface area (Å²) < 4.78 is 6.87. The number of rotatable bonds is 6. The molecule has 2 N–H and O–H groups in total. The van der Waals surface area contributed by atoms with Crippen LogP contribution in [0.1, 0.15) is 37.3 Å². The van der Waals surface area contributed by atoms with Crippen LogP contribution < -0.4 is 5.73 Å². The predicted molar refractivity (Wildman–Crippen MR) is 86.8 cm³/mol. The minimum atomic E-state index is 0.109. The van der Waals surface area contributed by atoms with Crippen LogP contribution in [0.5, 0.6) is 0 Å². The first-order chi connectivity index (χ1) is 9.65. The molecule has 2 atom stereocenters. The van der Waals surface area contributed by atoms with Crippen molar-refractivity contribution >= 4 is 15.9 Å². The number of halogens is 1. The maximum absolute atomic E-state index is 6.25. The van der Waals surface area contributed by atoms with E-state index in [4.69, 9.17) is 10.5 Å². The van der Waals surface area contributed by atoms with Crippen LogP contribution in [0.25, 0.3) is 0 Å². The summed E-state index contributed by atoms with van der Waals surface area (Å²) in [6.45, 7) is 2.96. The topological polar surface area (TPSA) is 38.5 Å². The summed E-state index contributed by atoms with van der Waals surface area (Å²) in [6, 6.07) is 8.40. The Morgan fingerprint density at radius 2 is 2.10 bits per heavy atom. The Morgan fingerprint density at radius 1 is 1.35 bits per heavy atom. The molecular formula is C16H25BrN2O. The van der Waals surface area contributed by atoms with Gasteiger partial charge in [0.25, 0.3) is 0 Å². The fourth-order valence-corrected chi connectivity index (χ4v) is 2.89. The largest absolute Gasteiger partial charge is 0.377 e. The van der Waals surface area contributed by atoms with Crippen molar-refractivity contribution in [3.05, 3.63) is 34.3 Å². The monoisotopic (exact) mass is 340 g/mol. The Kier molecular flexibility index (Phi) is 6.49.